The summed E-state index contributed by atoms with van der Waals surface area (Å²) in [5.74, 6) is 0. The van der Waals surface area contributed by atoms with Crippen molar-refractivity contribution in [2.75, 3.05) is 13.2 Å². The normalized spacial score (nSPS) is 18.6. The molecule has 0 spiro atoms. The Hall–Kier alpha value is -0.940. The second kappa shape index (κ2) is 6.52. The smallest absolute Gasteiger partial charge is 0.0442 e. The average molecular weight is 437 g/mol. The molecule has 1 atom stereocenters. The quantitative estimate of drug-likeness (QED) is 0.703. The zero-order valence-electron chi connectivity index (χ0n) is 12.8. The summed E-state index contributed by atoms with van der Waals surface area (Å²) in [7, 11) is 0. The van der Waals surface area contributed by atoms with E-state index in [1.54, 1.807) is 0 Å². The Morgan fingerprint density at radius 2 is 1.87 bits per heavy atom. The molecule has 2 nitrogen and oxygen atoms in total. The largest absolute Gasteiger partial charge is 0.396 e. The molecule has 0 amide bonds. The molecule has 2 aromatic rings. The summed E-state index contributed by atoms with van der Waals surface area (Å²) in [5, 5.41) is 9.78. The molecule has 0 bridgehead atoms. The molecular formula is C19H19Br2NO. The van der Waals surface area contributed by atoms with E-state index in [-0.39, 0.29) is 12.0 Å². The summed E-state index contributed by atoms with van der Waals surface area (Å²) in [6, 6.07) is 10.6. The summed E-state index contributed by atoms with van der Waals surface area (Å²) < 4.78 is 2.07. The van der Waals surface area contributed by atoms with Crippen LogP contribution in [0.4, 0.5) is 0 Å². The van der Waals surface area contributed by atoms with Gasteiger partial charge in [-0.15, -0.1) is 0 Å². The van der Waals surface area contributed by atoms with Crippen LogP contribution in [-0.4, -0.2) is 18.3 Å². The molecule has 1 aliphatic carbocycles. The van der Waals surface area contributed by atoms with E-state index in [9.17, 15) is 5.11 Å². The Bertz CT molecular complexity index is 764. The Morgan fingerprint density at radius 1 is 1.13 bits per heavy atom. The highest BCUT2D eigenvalue weighted by atomic mass is 79.9. The Balaban J connectivity index is 2.42. The van der Waals surface area contributed by atoms with Crippen molar-refractivity contribution in [3.8, 4) is 11.1 Å². The fraction of sp³-hybridized carbons (Fsp3) is 0.263. The molecule has 2 aromatic carbocycles. The molecule has 0 saturated heterocycles. The molecule has 0 radical (unpaired) electrons. The molecule has 0 fully saturated rings. The topological polar surface area (TPSA) is 46.2 Å². The first kappa shape index (κ1) is 16.9. The summed E-state index contributed by atoms with van der Waals surface area (Å²) in [6.07, 6.45) is 3.34. The maximum atomic E-state index is 9.78. The second-order valence-corrected chi connectivity index (χ2v) is 7.64. The zero-order valence-corrected chi connectivity index (χ0v) is 16.0. The molecule has 23 heavy (non-hydrogen) atoms. The molecule has 1 aliphatic rings. The summed E-state index contributed by atoms with van der Waals surface area (Å²) in [4.78, 5) is 0. The fourth-order valence-electron chi connectivity index (χ4n) is 3.90. The molecule has 4 heteroatoms. The van der Waals surface area contributed by atoms with Gasteiger partial charge in [0, 0.05) is 21.0 Å². The Morgan fingerprint density at radius 3 is 2.52 bits per heavy atom. The number of nitrogens with two attached hydrogens (primary N) is 1. The van der Waals surface area contributed by atoms with Gasteiger partial charge >= 0.3 is 0 Å². The summed E-state index contributed by atoms with van der Waals surface area (Å²) in [6.45, 7) is 4.69. The minimum atomic E-state index is -0.273. The molecule has 0 heterocycles. The highest BCUT2D eigenvalue weighted by Gasteiger charge is 2.43. The van der Waals surface area contributed by atoms with Gasteiger partial charge in [0.25, 0.3) is 0 Å². The van der Waals surface area contributed by atoms with Crippen LogP contribution in [0, 0.1) is 0 Å². The summed E-state index contributed by atoms with van der Waals surface area (Å²) >= 11 is 7.24. The van der Waals surface area contributed by atoms with E-state index < -0.39 is 0 Å². The molecule has 3 rings (SSSR count). The second-order valence-electron chi connectivity index (χ2n) is 5.87. The van der Waals surface area contributed by atoms with Gasteiger partial charge in [0.05, 0.1) is 0 Å². The monoisotopic (exact) mass is 435 g/mol. The van der Waals surface area contributed by atoms with Crippen molar-refractivity contribution < 1.29 is 5.11 Å². The lowest BCUT2D eigenvalue weighted by molar-refractivity contribution is 0.250. The van der Waals surface area contributed by atoms with Gasteiger partial charge in [-0.1, -0.05) is 56.6 Å². The lowest BCUT2D eigenvalue weighted by atomic mass is 9.71. The molecule has 3 N–H and O–H groups in total. The number of hydrogen-bond acceptors (Lipinski definition) is 2. The average Bonchev–Trinajstić information content (AvgIpc) is 2.79. The van der Waals surface area contributed by atoms with E-state index in [0.29, 0.717) is 13.0 Å². The van der Waals surface area contributed by atoms with Crippen molar-refractivity contribution in [1.82, 2.24) is 0 Å². The molecular weight excluding hydrogens is 418 g/mol. The van der Waals surface area contributed by atoms with E-state index in [0.717, 1.165) is 20.9 Å². The van der Waals surface area contributed by atoms with Gasteiger partial charge in [-0.2, -0.15) is 0 Å². The predicted octanol–water partition coefficient (Wildman–Crippen LogP) is 4.85. The Labute approximate surface area is 153 Å². The molecule has 120 valence electrons. The maximum Gasteiger partial charge on any atom is 0.0442 e. The van der Waals surface area contributed by atoms with Crippen molar-refractivity contribution in [3.63, 3.8) is 0 Å². The van der Waals surface area contributed by atoms with Crippen molar-refractivity contribution in [2.45, 2.75) is 18.3 Å². The van der Waals surface area contributed by atoms with Crippen LogP contribution >= 0.6 is 31.9 Å². The minimum Gasteiger partial charge on any atom is -0.396 e. The Kier molecular flexibility index (Phi) is 4.79. The van der Waals surface area contributed by atoms with Crippen LogP contribution in [0.3, 0.4) is 0 Å². The maximum absolute atomic E-state index is 9.78. The van der Waals surface area contributed by atoms with Gasteiger partial charge < -0.3 is 10.8 Å². The van der Waals surface area contributed by atoms with Crippen molar-refractivity contribution >= 4 is 37.9 Å². The van der Waals surface area contributed by atoms with Crippen LogP contribution in [-0.2, 0) is 5.41 Å². The van der Waals surface area contributed by atoms with Gasteiger partial charge in [0.15, 0.2) is 0 Å². The van der Waals surface area contributed by atoms with Gasteiger partial charge in [-0.05, 0) is 65.4 Å². The first-order valence-electron chi connectivity index (χ1n) is 7.66. The molecule has 1 unspecified atom stereocenters. The molecule has 0 saturated carbocycles. The third-order valence-corrected chi connectivity index (χ3v) is 5.96. The highest BCUT2D eigenvalue weighted by Crippen LogP contribution is 2.55. The van der Waals surface area contributed by atoms with E-state index >= 15 is 0 Å². The zero-order chi connectivity index (χ0) is 16.6. The third-order valence-electron chi connectivity index (χ3n) is 4.77. The van der Waals surface area contributed by atoms with Crippen molar-refractivity contribution in [2.24, 2.45) is 5.73 Å². The van der Waals surface area contributed by atoms with E-state index in [4.69, 9.17) is 5.73 Å². The first-order valence-corrected chi connectivity index (χ1v) is 9.24. The van der Waals surface area contributed by atoms with E-state index in [1.807, 2.05) is 6.08 Å². The van der Waals surface area contributed by atoms with Gasteiger partial charge in [-0.3, -0.25) is 0 Å². The van der Waals surface area contributed by atoms with Gasteiger partial charge in [-0.25, -0.2) is 0 Å². The minimum absolute atomic E-state index is 0.120. The van der Waals surface area contributed by atoms with E-state index in [2.05, 4.69) is 68.8 Å². The molecule has 0 aromatic heterocycles. The predicted molar refractivity (Wildman–Crippen MR) is 104 cm³/mol. The number of fused-ring (bicyclic) bond motifs is 3. The number of benzene rings is 2. The lowest BCUT2D eigenvalue weighted by Gasteiger charge is -2.33. The lowest BCUT2D eigenvalue weighted by Crippen LogP contribution is -2.30. The number of rotatable bonds is 5. The van der Waals surface area contributed by atoms with Crippen molar-refractivity contribution in [1.29, 1.82) is 0 Å². The standard InChI is InChI=1S/C19H19Br2NO/c1-2-13-17(21)6-5-15-14-4-3-12(20)11-16(14)19(7-9-22,8-10-23)18(13)15/h2-6,11,23H,1,7-10,22H2. The molecule has 0 aliphatic heterocycles. The fourth-order valence-corrected chi connectivity index (χ4v) is 4.75. The van der Waals surface area contributed by atoms with Crippen LogP contribution in [0.25, 0.3) is 17.2 Å². The third kappa shape index (κ3) is 2.52. The SMILES string of the molecule is C=Cc1c(Br)ccc2c1C(CCN)(CCO)c1cc(Br)ccc1-2. The van der Waals surface area contributed by atoms with Crippen LogP contribution in [0.15, 0.2) is 45.9 Å². The van der Waals surface area contributed by atoms with Crippen LogP contribution in [0.5, 0.6) is 0 Å². The summed E-state index contributed by atoms with van der Waals surface area (Å²) in [5.41, 5.74) is 11.7. The number of hydrogen-bond donors (Lipinski definition) is 2. The van der Waals surface area contributed by atoms with Crippen LogP contribution < -0.4 is 5.73 Å². The van der Waals surface area contributed by atoms with E-state index in [1.165, 1.54) is 22.3 Å². The van der Waals surface area contributed by atoms with Gasteiger partial charge in [0.1, 0.15) is 0 Å². The van der Waals surface area contributed by atoms with Gasteiger partial charge in [0.2, 0.25) is 0 Å². The number of aliphatic hydroxyl groups is 1. The number of aliphatic hydroxyl groups excluding tert-OH is 1. The number of halogens is 2. The highest BCUT2D eigenvalue weighted by molar-refractivity contribution is 9.10. The van der Waals surface area contributed by atoms with Crippen molar-refractivity contribution in [3.05, 3.63) is 62.5 Å². The van der Waals surface area contributed by atoms with Crippen LogP contribution in [0.2, 0.25) is 0 Å². The first-order chi connectivity index (χ1) is 11.1. The van der Waals surface area contributed by atoms with Crippen LogP contribution in [0.1, 0.15) is 29.5 Å².